The maximum atomic E-state index is 13.3. The molecule has 1 saturated heterocycles. The fraction of sp³-hybridized carbons (Fsp3) is 0.381. The Bertz CT molecular complexity index is 1070. The van der Waals surface area contributed by atoms with Gasteiger partial charge in [-0.15, -0.1) is 11.3 Å². The molecule has 0 spiro atoms. The van der Waals surface area contributed by atoms with Gasteiger partial charge < -0.3 is 14.3 Å². The number of rotatable bonds is 4. The summed E-state index contributed by atoms with van der Waals surface area (Å²) in [6.07, 6.45) is -2.08. The molecule has 6 nitrogen and oxygen atoms in total. The van der Waals surface area contributed by atoms with E-state index >= 15 is 0 Å². The van der Waals surface area contributed by atoms with Gasteiger partial charge in [0.05, 0.1) is 21.5 Å². The average Bonchev–Trinajstić information content (AvgIpc) is 3.17. The van der Waals surface area contributed by atoms with Gasteiger partial charge in [0.25, 0.3) is 0 Å². The van der Waals surface area contributed by atoms with Crippen molar-refractivity contribution < 1.29 is 22.5 Å². The minimum atomic E-state index is -4.40. The molecule has 2 aliphatic rings. The van der Waals surface area contributed by atoms with Crippen LogP contribution in [0.25, 0.3) is 10.6 Å². The molecule has 2 fully saturated rings. The number of carbonyl (C=O) groups excluding carboxylic acids is 1. The molecule has 0 bridgehead atoms. The lowest BCUT2D eigenvalue weighted by Gasteiger charge is -2.37. The zero-order valence-electron chi connectivity index (χ0n) is 16.4. The Morgan fingerprint density at radius 1 is 1.13 bits per heavy atom. The van der Waals surface area contributed by atoms with E-state index in [1.807, 2.05) is 33.4 Å². The van der Waals surface area contributed by atoms with Crippen molar-refractivity contribution in [2.45, 2.75) is 24.4 Å². The average molecular weight is 448 g/mol. The molecule has 1 aliphatic heterocycles. The standard InChI is InChI=1S/C21H19F3N4O2S/c22-21(23,24)14-3-4-18(25-13-14)27-7-9-28(10-8-27)19(29)20(5-6-20)17-12-15(30-26-17)16-2-1-11-31-16/h1-4,11-13H,5-10H2. The van der Waals surface area contributed by atoms with Crippen molar-refractivity contribution in [3.8, 4) is 10.6 Å². The van der Waals surface area contributed by atoms with Crippen LogP contribution in [-0.2, 0) is 16.4 Å². The Balaban J connectivity index is 1.24. The number of anilines is 1. The number of hydrogen-bond acceptors (Lipinski definition) is 6. The lowest BCUT2D eigenvalue weighted by atomic mass is 9.99. The second-order valence-corrected chi connectivity index (χ2v) is 8.77. The number of amides is 1. The second kappa shape index (κ2) is 7.37. The van der Waals surface area contributed by atoms with Gasteiger partial charge in [-0.2, -0.15) is 13.2 Å². The SMILES string of the molecule is O=C(N1CCN(c2ccc(C(F)(F)F)cn2)CC1)C1(c2cc(-c3cccs3)on2)CC1. The Hall–Kier alpha value is -2.88. The van der Waals surface area contributed by atoms with Crippen LogP contribution in [0.4, 0.5) is 19.0 Å². The normalized spacial score (nSPS) is 18.3. The van der Waals surface area contributed by atoms with Crippen molar-refractivity contribution in [3.05, 3.63) is 53.2 Å². The van der Waals surface area contributed by atoms with Gasteiger partial charge in [0, 0.05) is 38.4 Å². The molecule has 3 aromatic rings. The highest BCUT2D eigenvalue weighted by Crippen LogP contribution is 2.50. The van der Waals surface area contributed by atoms with E-state index in [9.17, 15) is 18.0 Å². The first-order valence-corrected chi connectivity index (χ1v) is 10.8. The summed E-state index contributed by atoms with van der Waals surface area (Å²) >= 11 is 1.55. The number of thiophene rings is 1. The van der Waals surface area contributed by atoms with Crippen LogP contribution in [-0.4, -0.2) is 47.1 Å². The molecule has 1 saturated carbocycles. The van der Waals surface area contributed by atoms with Crippen LogP contribution >= 0.6 is 11.3 Å². The largest absolute Gasteiger partial charge is 0.417 e. The van der Waals surface area contributed by atoms with E-state index in [0.717, 1.165) is 30.0 Å². The topological polar surface area (TPSA) is 62.5 Å². The predicted octanol–water partition coefficient (Wildman–Crippen LogP) is 4.20. The van der Waals surface area contributed by atoms with E-state index in [-0.39, 0.29) is 5.91 Å². The van der Waals surface area contributed by atoms with E-state index in [2.05, 4.69) is 10.1 Å². The number of pyridine rings is 1. The lowest BCUT2D eigenvalue weighted by molar-refractivity contribution is -0.138. The molecule has 5 rings (SSSR count). The fourth-order valence-electron chi connectivity index (χ4n) is 3.92. The number of nitrogens with zero attached hydrogens (tertiary/aromatic N) is 4. The van der Waals surface area contributed by atoms with Crippen molar-refractivity contribution >= 4 is 23.1 Å². The number of carbonyl (C=O) groups is 1. The number of hydrogen-bond donors (Lipinski definition) is 0. The first-order valence-electron chi connectivity index (χ1n) is 9.95. The fourth-order valence-corrected chi connectivity index (χ4v) is 4.60. The van der Waals surface area contributed by atoms with Crippen LogP contribution in [0.15, 0.2) is 46.4 Å². The number of piperazine rings is 1. The van der Waals surface area contributed by atoms with Gasteiger partial charge >= 0.3 is 6.18 Å². The molecule has 4 heterocycles. The van der Waals surface area contributed by atoms with Gasteiger partial charge in [-0.05, 0) is 36.4 Å². The van der Waals surface area contributed by atoms with E-state index < -0.39 is 17.2 Å². The van der Waals surface area contributed by atoms with Gasteiger partial charge in [-0.3, -0.25) is 4.79 Å². The van der Waals surface area contributed by atoms with Gasteiger partial charge in [-0.25, -0.2) is 4.98 Å². The van der Waals surface area contributed by atoms with Crippen LogP contribution in [0.5, 0.6) is 0 Å². The quantitative estimate of drug-likeness (QED) is 0.599. The van der Waals surface area contributed by atoms with Crippen LogP contribution in [0.2, 0.25) is 0 Å². The summed E-state index contributed by atoms with van der Waals surface area (Å²) in [6.45, 7) is 2.00. The maximum Gasteiger partial charge on any atom is 0.417 e. The first kappa shape index (κ1) is 20.0. The third-order valence-corrected chi connectivity index (χ3v) is 6.77. The van der Waals surface area contributed by atoms with Crippen LogP contribution in [0.3, 0.4) is 0 Å². The van der Waals surface area contributed by atoms with Crippen molar-refractivity contribution in [1.29, 1.82) is 0 Å². The third-order valence-electron chi connectivity index (χ3n) is 5.89. The zero-order valence-corrected chi connectivity index (χ0v) is 17.2. The van der Waals surface area contributed by atoms with Crippen molar-refractivity contribution in [1.82, 2.24) is 15.0 Å². The molecule has 1 amide bonds. The van der Waals surface area contributed by atoms with E-state index in [0.29, 0.717) is 43.5 Å². The van der Waals surface area contributed by atoms with Crippen molar-refractivity contribution in [3.63, 3.8) is 0 Å². The summed E-state index contributed by atoms with van der Waals surface area (Å²) in [7, 11) is 0. The summed E-state index contributed by atoms with van der Waals surface area (Å²) in [5, 5.41) is 6.14. The summed E-state index contributed by atoms with van der Waals surface area (Å²) in [6, 6.07) is 8.16. The summed E-state index contributed by atoms with van der Waals surface area (Å²) < 4.78 is 43.7. The molecular formula is C21H19F3N4O2S. The van der Waals surface area contributed by atoms with Crippen LogP contribution in [0.1, 0.15) is 24.1 Å². The van der Waals surface area contributed by atoms with Gasteiger partial charge in [0.15, 0.2) is 5.76 Å². The molecule has 0 atom stereocenters. The summed E-state index contributed by atoms with van der Waals surface area (Å²) in [5.74, 6) is 1.19. The molecule has 0 radical (unpaired) electrons. The first-order chi connectivity index (χ1) is 14.9. The van der Waals surface area contributed by atoms with Gasteiger partial charge in [0.1, 0.15) is 5.82 Å². The third kappa shape index (κ3) is 3.69. The minimum absolute atomic E-state index is 0.0403. The van der Waals surface area contributed by atoms with Gasteiger partial charge in [0.2, 0.25) is 5.91 Å². The van der Waals surface area contributed by atoms with E-state index in [4.69, 9.17) is 4.52 Å². The molecule has 0 unspecified atom stereocenters. The minimum Gasteiger partial charge on any atom is -0.355 e. The highest BCUT2D eigenvalue weighted by molar-refractivity contribution is 7.13. The molecule has 31 heavy (non-hydrogen) atoms. The van der Waals surface area contributed by atoms with Crippen molar-refractivity contribution in [2.75, 3.05) is 31.1 Å². The summed E-state index contributed by atoms with van der Waals surface area (Å²) in [4.78, 5) is 21.9. The monoisotopic (exact) mass is 448 g/mol. The zero-order chi connectivity index (χ0) is 21.6. The predicted molar refractivity (Wildman–Crippen MR) is 109 cm³/mol. The van der Waals surface area contributed by atoms with Crippen LogP contribution in [0, 0.1) is 0 Å². The van der Waals surface area contributed by atoms with E-state index in [1.54, 1.807) is 11.3 Å². The second-order valence-electron chi connectivity index (χ2n) is 7.82. The number of halogens is 3. The Morgan fingerprint density at radius 2 is 1.90 bits per heavy atom. The molecule has 3 aromatic heterocycles. The van der Waals surface area contributed by atoms with Crippen LogP contribution < -0.4 is 4.90 Å². The molecular weight excluding hydrogens is 429 g/mol. The number of aromatic nitrogens is 2. The smallest absolute Gasteiger partial charge is 0.355 e. The highest BCUT2D eigenvalue weighted by atomic mass is 32.1. The molecule has 1 aliphatic carbocycles. The summed E-state index contributed by atoms with van der Waals surface area (Å²) in [5.41, 5.74) is -0.712. The molecule has 162 valence electrons. The van der Waals surface area contributed by atoms with Gasteiger partial charge in [-0.1, -0.05) is 11.2 Å². The molecule has 0 aromatic carbocycles. The Morgan fingerprint density at radius 3 is 2.48 bits per heavy atom. The number of alkyl halides is 3. The molecule has 0 N–H and O–H groups in total. The van der Waals surface area contributed by atoms with E-state index in [1.165, 1.54) is 6.07 Å². The molecule has 10 heteroatoms. The lowest BCUT2D eigenvalue weighted by Crippen LogP contribution is -2.51. The highest BCUT2D eigenvalue weighted by Gasteiger charge is 2.55. The van der Waals surface area contributed by atoms with Crippen molar-refractivity contribution in [2.24, 2.45) is 0 Å². The maximum absolute atomic E-state index is 13.3. The Kier molecular flexibility index (Phi) is 4.76. The Labute approximate surface area is 180 Å².